The fourth-order valence-electron chi connectivity index (χ4n) is 2.81. The van der Waals surface area contributed by atoms with Crippen LogP contribution in [0, 0.1) is 0 Å². The summed E-state index contributed by atoms with van der Waals surface area (Å²) >= 11 is 0. The van der Waals surface area contributed by atoms with E-state index >= 15 is 0 Å². The Morgan fingerprint density at radius 2 is 1.69 bits per heavy atom. The molecule has 0 aliphatic carbocycles. The predicted molar refractivity (Wildman–Crippen MR) is 105 cm³/mol. The third kappa shape index (κ3) is 4.74. The van der Waals surface area contributed by atoms with E-state index in [4.69, 9.17) is 5.11 Å². The molecule has 0 aliphatic rings. The van der Waals surface area contributed by atoms with Gasteiger partial charge in [0.25, 0.3) is 0 Å². The minimum Gasteiger partial charge on any atom is -0.388 e. The number of aryl methyl sites for hydroxylation is 2. The molecule has 0 bridgehead atoms. The highest BCUT2D eigenvalue weighted by molar-refractivity contribution is 5.94. The minimum atomic E-state index is -0.457. The number of hydrogen-bond donors (Lipinski definition) is 1. The zero-order chi connectivity index (χ0) is 18.2. The molecule has 0 aliphatic heterocycles. The van der Waals surface area contributed by atoms with Gasteiger partial charge in [-0.1, -0.05) is 60.7 Å². The van der Waals surface area contributed by atoms with E-state index in [1.807, 2.05) is 36.4 Å². The molecular formula is C23H21NO2. The number of aliphatic hydroxyl groups is 1. The molecule has 0 saturated heterocycles. The van der Waals surface area contributed by atoms with E-state index < -0.39 is 6.61 Å². The van der Waals surface area contributed by atoms with Gasteiger partial charge in [0.1, 0.15) is 6.61 Å². The van der Waals surface area contributed by atoms with Crippen molar-refractivity contribution in [1.29, 1.82) is 0 Å². The zero-order valence-corrected chi connectivity index (χ0v) is 14.5. The zero-order valence-electron chi connectivity index (χ0n) is 14.5. The van der Waals surface area contributed by atoms with Crippen molar-refractivity contribution in [3.8, 4) is 11.3 Å². The molecule has 1 heterocycles. The molecule has 3 rings (SSSR count). The van der Waals surface area contributed by atoms with Crippen LogP contribution >= 0.6 is 0 Å². The normalized spacial score (nSPS) is 11.0. The molecule has 0 spiro atoms. The molecule has 3 nitrogen and oxygen atoms in total. The summed E-state index contributed by atoms with van der Waals surface area (Å²) in [6.07, 6.45) is 6.81. The summed E-state index contributed by atoms with van der Waals surface area (Å²) in [5.41, 5.74) is 5.54. The fourth-order valence-corrected chi connectivity index (χ4v) is 2.81. The summed E-state index contributed by atoms with van der Waals surface area (Å²) < 4.78 is 0. The molecule has 130 valence electrons. The van der Waals surface area contributed by atoms with Crippen molar-refractivity contribution in [2.75, 3.05) is 6.61 Å². The molecule has 26 heavy (non-hydrogen) atoms. The number of benzene rings is 2. The maximum Gasteiger partial charge on any atom is 0.181 e. The molecule has 3 aromatic rings. The van der Waals surface area contributed by atoms with Gasteiger partial charge in [0.2, 0.25) is 0 Å². The standard InChI is InChI=1S/C23H21NO2/c25-17-22(26)15-14-20-6-2-1-5-19(20)11-8-18-9-12-21(13-10-18)23-7-3-4-16-24-23/h1-7,9-10,12-16,25H,8,11,17H2/b15-14+. The number of carbonyl (C=O) groups excluding carboxylic acids is 1. The number of nitrogens with zero attached hydrogens (tertiary/aromatic N) is 1. The smallest absolute Gasteiger partial charge is 0.181 e. The van der Waals surface area contributed by atoms with Gasteiger partial charge in [-0.05, 0) is 47.7 Å². The molecule has 0 saturated carbocycles. The van der Waals surface area contributed by atoms with Gasteiger partial charge in [0, 0.05) is 11.8 Å². The summed E-state index contributed by atoms with van der Waals surface area (Å²) in [7, 11) is 0. The number of carbonyl (C=O) groups is 1. The molecular weight excluding hydrogens is 322 g/mol. The van der Waals surface area contributed by atoms with Crippen molar-refractivity contribution in [3.63, 3.8) is 0 Å². The van der Waals surface area contributed by atoms with Crippen molar-refractivity contribution in [1.82, 2.24) is 4.98 Å². The minimum absolute atomic E-state index is 0.287. The van der Waals surface area contributed by atoms with E-state index in [0.29, 0.717) is 0 Å². The van der Waals surface area contributed by atoms with Gasteiger partial charge >= 0.3 is 0 Å². The molecule has 1 N–H and O–H groups in total. The Bertz CT molecular complexity index is 884. The van der Waals surface area contributed by atoms with Crippen LogP contribution in [0.1, 0.15) is 16.7 Å². The first-order valence-electron chi connectivity index (χ1n) is 8.66. The first kappa shape index (κ1) is 17.8. The van der Waals surface area contributed by atoms with Crippen LogP contribution in [0.5, 0.6) is 0 Å². The summed E-state index contributed by atoms with van der Waals surface area (Å²) in [6.45, 7) is -0.457. The summed E-state index contributed by atoms with van der Waals surface area (Å²) in [6, 6.07) is 22.4. The van der Waals surface area contributed by atoms with Crippen LogP contribution in [0.2, 0.25) is 0 Å². The number of rotatable bonds is 7. The van der Waals surface area contributed by atoms with Crippen LogP contribution in [-0.2, 0) is 17.6 Å². The summed E-state index contributed by atoms with van der Waals surface area (Å²) in [5, 5.41) is 8.83. The first-order valence-corrected chi connectivity index (χ1v) is 8.66. The summed E-state index contributed by atoms with van der Waals surface area (Å²) in [5.74, 6) is -0.287. The number of ketones is 1. The third-order valence-electron chi connectivity index (χ3n) is 4.26. The Morgan fingerprint density at radius 3 is 2.42 bits per heavy atom. The second kappa shape index (κ2) is 8.88. The monoisotopic (exact) mass is 343 g/mol. The van der Waals surface area contributed by atoms with Crippen LogP contribution < -0.4 is 0 Å². The molecule has 0 amide bonds. The maximum absolute atomic E-state index is 11.3. The first-order chi connectivity index (χ1) is 12.8. The van der Waals surface area contributed by atoms with E-state index in [2.05, 4.69) is 35.3 Å². The Hall–Kier alpha value is -3.04. The highest BCUT2D eigenvalue weighted by Gasteiger charge is 2.03. The lowest BCUT2D eigenvalue weighted by Gasteiger charge is -2.07. The molecule has 0 unspecified atom stereocenters. The van der Waals surface area contributed by atoms with E-state index in [-0.39, 0.29) is 5.78 Å². The van der Waals surface area contributed by atoms with Crippen LogP contribution in [0.15, 0.2) is 79.0 Å². The number of hydrogen-bond acceptors (Lipinski definition) is 3. The molecule has 2 aromatic carbocycles. The van der Waals surface area contributed by atoms with Gasteiger partial charge in [0.15, 0.2) is 5.78 Å². The molecule has 0 atom stereocenters. The number of aliphatic hydroxyl groups excluding tert-OH is 1. The van der Waals surface area contributed by atoms with Crippen molar-refractivity contribution >= 4 is 11.9 Å². The highest BCUT2D eigenvalue weighted by atomic mass is 16.3. The Balaban J connectivity index is 1.68. The van der Waals surface area contributed by atoms with E-state index in [9.17, 15) is 4.79 Å². The van der Waals surface area contributed by atoms with Gasteiger partial charge in [-0.3, -0.25) is 9.78 Å². The predicted octanol–water partition coefficient (Wildman–Crippen LogP) is 4.11. The number of aromatic nitrogens is 1. The topological polar surface area (TPSA) is 50.2 Å². The van der Waals surface area contributed by atoms with Gasteiger partial charge in [-0.25, -0.2) is 0 Å². The van der Waals surface area contributed by atoms with Crippen LogP contribution in [0.3, 0.4) is 0 Å². The van der Waals surface area contributed by atoms with Crippen LogP contribution in [0.4, 0.5) is 0 Å². The lowest BCUT2D eigenvalue weighted by atomic mass is 9.98. The molecule has 0 radical (unpaired) electrons. The lowest BCUT2D eigenvalue weighted by molar-refractivity contribution is -0.117. The largest absolute Gasteiger partial charge is 0.388 e. The van der Waals surface area contributed by atoms with E-state index in [1.54, 1.807) is 12.3 Å². The quantitative estimate of drug-likeness (QED) is 0.657. The van der Waals surface area contributed by atoms with Crippen molar-refractivity contribution in [3.05, 3.63) is 95.7 Å². The van der Waals surface area contributed by atoms with Crippen LogP contribution in [0.25, 0.3) is 17.3 Å². The van der Waals surface area contributed by atoms with Crippen molar-refractivity contribution in [2.45, 2.75) is 12.8 Å². The van der Waals surface area contributed by atoms with Crippen molar-refractivity contribution < 1.29 is 9.90 Å². The third-order valence-corrected chi connectivity index (χ3v) is 4.26. The second-order valence-electron chi connectivity index (χ2n) is 6.07. The average Bonchev–Trinajstić information content (AvgIpc) is 2.72. The maximum atomic E-state index is 11.3. The van der Waals surface area contributed by atoms with Crippen molar-refractivity contribution in [2.24, 2.45) is 0 Å². The van der Waals surface area contributed by atoms with Gasteiger partial charge < -0.3 is 5.11 Å². The van der Waals surface area contributed by atoms with Crippen LogP contribution in [-0.4, -0.2) is 22.5 Å². The Kier molecular flexibility index (Phi) is 6.07. The van der Waals surface area contributed by atoms with E-state index in [1.165, 1.54) is 17.2 Å². The average molecular weight is 343 g/mol. The van der Waals surface area contributed by atoms with Gasteiger partial charge in [-0.15, -0.1) is 0 Å². The van der Waals surface area contributed by atoms with Gasteiger partial charge in [0.05, 0.1) is 5.69 Å². The van der Waals surface area contributed by atoms with E-state index in [0.717, 1.165) is 29.7 Å². The second-order valence-corrected chi connectivity index (χ2v) is 6.07. The van der Waals surface area contributed by atoms with Gasteiger partial charge in [-0.2, -0.15) is 0 Å². The SMILES string of the molecule is O=C(/C=C/c1ccccc1CCc1ccc(-c2ccccn2)cc1)CO. The summed E-state index contributed by atoms with van der Waals surface area (Å²) in [4.78, 5) is 15.7. The lowest BCUT2D eigenvalue weighted by Crippen LogP contribution is -1.98. The molecule has 1 aromatic heterocycles. The Morgan fingerprint density at radius 1 is 0.923 bits per heavy atom. The molecule has 0 fully saturated rings. The highest BCUT2D eigenvalue weighted by Crippen LogP contribution is 2.19. The Labute approximate surface area is 153 Å². The molecule has 3 heteroatoms. The fraction of sp³-hybridized carbons (Fsp3) is 0.130. The number of pyridine rings is 1.